The number of esters is 1. The Bertz CT molecular complexity index is 232. The molecule has 1 unspecified atom stereocenters. The van der Waals surface area contributed by atoms with E-state index in [4.69, 9.17) is 4.74 Å². The van der Waals surface area contributed by atoms with Crippen LogP contribution in [0.3, 0.4) is 0 Å². The summed E-state index contributed by atoms with van der Waals surface area (Å²) in [5, 5.41) is 0. The zero-order chi connectivity index (χ0) is 9.19. The molecule has 0 bridgehead atoms. The summed E-state index contributed by atoms with van der Waals surface area (Å²) in [6.07, 6.45) is 2.47. The molecular formula is C9H12O3. The summed E-state index contributed by atoms with van der Waals surface area (Å²) in [4.78, 5) is 22.5. The topological polar surface area (TPSA) is 43.4 Å². The van der Waals surface area contributed by atoms with Crippen LogP contribution < -0.4 is 0 Å². The fourth-order valence-corrected chi connectivity index (χ4v) is 1.45. The minimum atomic E-state index is -0.915. The van der Waals surface area contributed by atoms with E-state index in [0.717, 1.165) is 0 Å². The standard InChI is InChI=1S/C9H12O3/c1-3-4-9(7(2)10)5-6-12-8(9)11/h3H,1,4-6H2,2H3. The Labute approximate surface area is 71.4 Å². The quantitative estimate of drug-likeness (QED) is 0.360. The lowest BCUT2D eigenvalue weighted by molar-refractivity contribution is -0.150. The molecule has 1 fully saturated rings. The number of cyclic esters (lactones) is 1. The van der Waals surface area contributed by atoms with Gasteiger partial charge in [-0.1, -0.05) is 6.08 Å². The fraction of sp³-hybridized carbons (Fsp3) is 0.556. The molecular weight excluding hydrogens is 156 g/mol. The first-order valence-corrected chi connectivity index (χ1v) is 3.92. The molecule has 1 heterocycles. The van der Waals surface area contributed by atoms with E-state index >= 15 is 0 Å². The third kappa shape index (κ3) is 1.15. The summed E-state index contributed by atoms with van der Waals surface area (Å²) in [5.74, 6) is -0.514. The Hall–Kier alpha value is -1.12. The maximum atomic E-state index is 11.2. The maximum absolute atomic E-state index is 11.2. The van der Waals surface area contributed by atoms with Crippen molar-refractivity contribution in [2.24, 2.45) is 5.41 Å². The summed E-state index contributed by atoms with van der Waals surface area (Å²) >= 11 is 0. The van der Waals surface area contributed by atoms with Crippen LogP contribution in [0.4, 0.5) is 0 Å². The number of hydrogen-bond donors (Lipinski definition) is 0. The van der Waals surface area contributed by atoms with Gasteiger partial charge < -0.3 is 4.74 Å². The van der Waals surface area contributed by atoms with E-state index in [0.29, 0.717) is 19.4 Å². The van der Waals surface area contributed by atoms with Gasteiger partial charge in [-0.05, 0) is 13.3 Å². The second-order valence-corrected chi connectivity index (χ2v) is 3.02. The zero-order valence-electron chi connectivity index (χ0n) is 7.13. The van der Waals surface area contributed by atoms with E-state index in [1.165, 1.54) is 6.92 Å². The van der Waals surface area contributed by atoms with Gasteiger partial charge in [0, 0.05) is 6.42 Å². The van der Waals surface area contributed by atoms with Crippen molar-refractivity contribution in [3.05, 3.63) is 12.7 Å². The molecule has 0 N–H and O–H groups in total. The molecule has 1 atom stereocenters. The molecule has 1 saturated heterocycles. The van der Waals surface area contributed by atoms with Gasteiger partial charge in [-0.15, -0.1) is 6.58 Å². The van der Waals surface area contributed by atoms with E-state index < -0.39 is 11.4 Å². The number of Topliss-reactive ketones (excluding diaryl/α,β-unsaturated/α-hetero) is 1. The van der Waals surface area contributed by atoms with Gasteiger partial charge in [0.25, 0.3) is 0 Å². The Kier molecular flexibility index (Phi) is 2.31. The summed E-state index contributed by atoms with van der Waals surface area (Å²) < 4.78 is 4.78. The average Bonchev–Trinajstić information content (AvgIpc) is 2.34. The van der Waals surface area contributed by atoms with E-state index in [9.17, 15) is 9.59 Å². The molecule has 0 spiro atoms. The van der Waals surface area contributed by atoms with Crippen molar-refractivity contribution in [3.8, 4) is 0 Å². The Balaban J connectivity index is 2.92. The minimum Gasteiger partial charge on any atom is -0.465 e. The number of rotatable bonds is 3. The maximum Gasteiger partial charge on any atom is 0.320 e. The van der Waals surface area contributed by atoms with Crippen molar-refractivity contribution in [1.29, 1.82) is 0 Å². The van der Waals surface area contributed by atoms with Crippen LogP contribution in [0.1, 0.15) is 19.8 Å². The molecule has 66 valence electrons. The lowest BCUT2D eigenvalue weighted by Crippen LogP contribution is -2.33. The summed E-state index contributed by atoms with van der Waals surface area (Å²) in [5.41, 5.74) is -0.915. The third-order valence-electron chi connectivity index (χ3n) is 2.32. The van der Waals surface area contributed by atoms with Gasteiger partial charge >= 0.3 is 5.97 Å². The lowest BCUT2D eigenvalue weighted by atomic mass is 9.79. The van der Waals surface area contributed by atoms with Crippen molar-refractivity contribution in [2.45, 2.75) is 19.8 Å². The number of ketones is 1. The Morgan fingerprint density at radius 2 is 2.50 bits per heavy atom. The smallest absolute Gasteiger partial charge is 0.320 e. The molecule has 0 aliphatic carbocycles. The predicted molar refractivity (Wildman–Crippen MR) is 43.5 cm³/mol. The normalized spacial score (nSPS) is 28.2. The molecule has 12 heavy (non-hydrogen) atoms. The largest absolute Gasteiger partial charge is 0.465 e. The highest BCUT2D eigenvalue weighted by Gasteiger charge is 2.47. The number of allylic oxidation sites excluding steroid dienone is 1. The minimum absolute atomic E-state index is 0.120. The van der Waals surface area contributed by atoms with Crippen LogP contribution in [0.25, 0.3) is 0 Å². The Morgan fingerprint density at radius 1 is 1.83 bits per heavy atom. The number of hydrogen-bond acceptors (Lipinski definition) is 3. The first kappa shape index (κ1) is 8.97. The van der Waals surface area contributed by atoms with Gasteiger partial charge in [-0.3, -0.25) is 9.59 Å². The molecule has 0 saturated carbocycles. The molecule has 0 radical (unpaired) electrons. The first-order chi connectivity index (χ1) is 5.63. The molecule has 1 rings (SSSR count). The molecule has 1 aliphatic rings. The average molecular weight is 168 g/mol. The summed E-state index contributed by atoms with van der Waals surface area (Å²) in [6, 6.07) is 0. The van der Waals surface area contributed by atoms with Crippen LogP contribution in [0.15, 0.2) is 12.7 Å². The van der Waals surface area contributed by atoms with Crippen molar-refractivity contribution in [1.82, 2.24) is 0 Å². The molecule has 0 amide bonds. The molecule has 0 aromatic carbocycles. The highest BCUT2D eigenvalue weighted by Crippen LogP contribution is 2.34. The van der Waals surface area contributed by atoms with Gasteiger partial charge in [0.05, 0.1) is 6.61 Å². The fourth-order valence-electron chi connectivity index (χ4n) is 1.45. The second-order valence-electron chi connectivity index (χ2n) is 3.02. The van der Waals surface area contributed by atoms with Crippen molar-refractivity contribution in [2.75, 3.05) is 6.61 Å². The highest BCUT2D eigenvalue weighted by molar-refractivity contribution is 6.03. The number of carbonyl (C=O) groups excluding carboxylic acids is 2. The number of carbonyl (C=O) groups is 2. The van der Waals surface area contributed by atoms with E-state index in [-0.39, 0.29) is 5.78 Å². The molecule has 3 nitrogen and oxygen atoms in total. The van der Waals surface area contributed by atoms with Gasteiger partial charge in [-0.2, -0.15) is 0 Å². The van der Waals surface area contributed by atoms with Crippen LogP contribution in [-0.2, 0) is 14.3 Å². The monoisotopic (exact) mass is 168 g/mol. The summed E-state index contributed by atoms with van der Waals surface area (Å²) in [6.45, 7) is 5.31. The van der Waals surface area contributed by atoms with Crippen LogP contribution in [0, 0.1) is 5.41 Å². The van der Waals surface area contributed by atoms with Crippen molar-refractivity contribution < 1.29 is 14.3 Å². The third-order valence-corrected chi connectivity index (χ3v) is 2.32. The highest BCUT2D eigenvalue weighted by atomic mass is 16.5. The second kappa shape index (κ2) is 3.09. The molecule has 0 aromatic rings. The van der Waals surface area contributed by atoms with Gasteiger partial charge in [0.1, 0.15) is 11.2 Å². The zero-order valence-corrected chi connectivity index (χ0v) is 7.13. The SMILES string of the molecule is C=CCC1(C(C)=O)CCOC1=O. The lowest BCUT2D eigenvalue weighted by Gasteiger charge is -2.18. The Morgan fingerprint density at radius 3 is 2.83 bits per heavy atom. The molecule has 1 aliphatic heterocycles. The summed E-state index contributed by atoms with van der Waals surface area (Å²) in [7, 11) is 0. The van der Waals surface area contributed by atoms with Gasteiger partial charge in [-0.25, -0.2) is 0 Å². The van der Waals surface area contributed by atoms with E-state index in [1.54, 1.807) is 6.08 Å². The van der Waals surface area contributed by atoms with Gasteiger partial charge in [0.15, 0.2) is 0 Å². The van der Waals surface area contributed by atoms with Crippen LogP contribution in [0.2, 0.25) is 0 Å². The predicted octanol–water partition coefficient (Wildman–Crippen LogP) is 1.08. The molecule has 0 aromatic heterocycles. The van der Waals surface area contributed by atoms with Crippen molar-refractivity contribution >= 4 is 11.8 Å². The van der Waals surface area contributed by atoms with Crippen molar-refractivity contribution in [3.63, 3.8) is 0 Å². The van der Waals surface area contributed by atoms with E-state index in [2.05, 4.69) is 6.58 Å². The van der Waals surface area contributed by atoms with Gasteiger partial charge in [0.2, 0.25) is 0 Å². The number of ether oxygens (including phenoxy) is 1. The van der Waals surface area contributed by atoms with Crippen LogP contribution in [-0.4, -0.2) is 18.4 Å². The first-order valence-electron chi connectivity index (χ1n) is 3.92. The van der Waals surface area contributed by atoms with Crippen LogP contribution in [0.5, 0.6) is 0 Å². The van der Waals surface area contributed by atoms with E-state index in [1.807, 2.05) is 0 Å². The molecule has 3 heteroatoms. The van der Waals surface area contributed by atoms with Crippen LogP contribution >= 0.6 is 0 Å².